The molecule has 0 heterocycles. The van der Waals surface area contributed by atoms with Gasteiger partial charge in [-0.1, -0.05) is 90.4 Å². The molecule has 0 amide bonds. The molecule has 6 rings (SSSR count). The van der Waals surface area contributed by atoms with Crippen molar-refractivity contribution in [3.63, 3.8) is 0 Å². The molecular formula is C51H78O12. The van der Waals surface area contributed by atoms with Gasteiger partial charge < -0.3 is 42.6 Å². The Hall–Kier alpha value is -2.87. The van der Waals surface area contributed by atoms with Crippen molar-refractivity contribution in [1.29, 1.82) is 0 Å². The van der Waals surface area contributed by atoms with Crippen LogP contribution in [0.1, 0.15) is 112 Å². The summed E-state index contributed by atoms with van der Waals surface area (Å²) < 4.78 is 51.4. The van der Waals surface area contributed by atoms with E-state index in [1.165, 1.54) is 5.57 Å². The van der Waals surface area contributed by atoms with Gasteiger partial charge in [0, 0.05) is 19.6 Å². The molecule has 4 saturated carbocycles. The van der Waals surface area contributed by atoms with E-state index in [1.54, 1.807) is 14.2 Å². The zero-order chi connectivity index (χ0) is 45.5. The Kier molecular flexibility index (Phi) is 16.3. The number of esters is 3. The second-order valence-corrected chi connectivity index (χ2v) is 21.2. The fourth-order valence-electron chi connectivity index (χ4n) is 13.3. The van der Waals surface area contributed by atoms with E-state index in [1.807, 2.05) is 30.3 Å². The van der Waals surface area contributed by atoms with Gasteiger partial charge in [-0.05, 0) is 103 Å². The molecular weight excluding hydrogens is 805 g/mol. The Bertz CT molecular complexity index is 1730. The lowest BCUT2D eigenvalue weighted by Crippen LogP contribution is -2.68. The van der Waals surface area contributed by atoms with Crippen molar-refractivity contribution < 1.29 is 57.0 Å². The molecule has 9 atom stereocenters. The first-order chi connectivity index (χ1) is 30.0. The molecule has 5 aliphatic rings. The summed E-state index contributed by atoms with van der Waals surface area (Å²) in [5.74, 6) is -0.503. The molecule has 0 N–H and O–H groups in total. The van der Waals surface area contributed by atoms with Gasteiger partial charge in [-0.3, -0.25) is 4.79 Å². The lowest BCUT2D eigenvalue weighted by atomic mass is 9.33. The predicted molar refractivity (Wildman–Crippen MR) is 237 cm³/mol. The van der Waals surface area contributed by atoms with Crippen LogP contribution in [0.3, 0.4) is 0 Å². The molecule has 1 aromatic carbocycles. The summed E-state index contributed by atoms with van der Waals surface area (Å²) in [6.45, 7) is 19.3. The number of methoxy groups -OCH3 is 2. The van der Waals surface area contributed by atoms with E-state index in [0.29, 0.717) is 46.1 Å². The van der Waals surface area contributed by atoms with Gasteiger partial charge in [-0.15, -0.1) is 0 Å². The summed E-state index contributed by atoms with van der Waals surface area (Å²) in [5, 5.41) is 0. The van der Waals surface area contributed by atoms with Crippen LogP contribution < -0.4 is 0 Å². The van der Waals surface area contributed by atoms with Crippen LogP contribution in [0.2, 0.25) is 0 Å². The van der Waals surface area contributed by atoms with Gasteiger partial charge in [0.2, 0.25) is 0 Å². The molecule has 0 saturated heterocycles. The van der Waals surface area contributed by atoms with Gasteiger partial charge in [0.15, 0.2) is 0 Å². The van der Waals surface area contributed by atoms with E-state index in [2.05, 4.69) is 54.5 Å². The second-order valence-electron chi connectivity index (χ2n) is 21.2. The van der Waals surface area contributed by atoms with Crippen molar-refractivity contribution in [3.8, 4) is 0 Å². The van der Waals surface area contributed by atoms with Crippen LogP contribution in [0, 0.1) is 50.2 Å². The number of benzene rings is 1. The van der Waals surface area contributed by atoms with Crippen LogP contribution in [0.15, 0.2) is 42.0 Å². The zero-order valence-corrected chi connectivity index (χ0v) is 39.9. The molecule has 0 bridgehead atoms. The quantitative estimate of drug-likeness (QED) is 0.0509. The van der Waals surface area contributed by atoms with Crippen molar-refractivity contribution >= 4 is 17.9 Å². The van der Waals surface area contributed by atoms with Gasteiger partial charge in [0.25, 0.3) is 0 Å². The summed E-state index contributed by atoms with van der Waals surface area (Å²) in [4.78, 5) is 41.6. The minimum absolute atomic E-state index is 0.0413. The molecule has 0 spiro atoms. The van der Waals surface area contributed by atoms with E-state index >= 15 is 0 Å². The first-order valence-electron chi connectivity index (χ1n) is 23.6. The van der Waals surface area contributed by atoms with Crippen LogP contribution in [-0.2, 0) is 63.6 Å². The van der Waals surface area contributed by atoms with E-state index in [-0.39, 0.29) is 78.4 Å². The van der Waals surface area contributed by atoms with Crippen LogP contribution in [0.25, 0.3) is 0 Å². The lowest BCUT2D eigenvalue weighted by molar-refractivity contribution is -0.247. The molecule has 0 unspecified atom stereocenters. The highest BCUT2D eigenvalue weighted by atomic mass is 16.6. The monoisotopic (exact) mass is 883 g/mol. The highest BCUT2D eigenvalue weighted by molar-refractivity contribution is 5.79. The number of carbonyl (C=O) groups excluding carboxylic acids is 3. The van der Waals surface area contributed by atoms with Crippen molar-refractivity contribution in [1.82, 2.24) is 0 Å². The maximum absolute atomic E-state index is 14.5. The molecule has 12 heteroatoms. The summed E-state index contributed by atoms with van der Waals surface area (Å²) in [7, 11) is 3.23. The first-order valence-corrected chi connectivity index (χ1v) is 23.6. The highest BCUT2D eigenvalue weighted by Gasteiger charge is 2.71. The fraction of sp³-hybridized carbons (Fsp3) is 0.784. The molecule has 5 aliphatic carbocycles. The fourth-order valence-corrected chi connectivity index (χ4v) is 13.3. The molecule has 0 aliphatic heterocycles. The average molecular weight is 883 g/mol. The predicted octanol–water partition coefficient (Wildman–Crippen LogP) is 8.32. The Morgan fingerprint density at radius 3 is 1.87 bits per heavy atom. The molecule has 63 heavy (non-hydrogen) atoms. The number of allylic oxidation sites excluding steroid dienone is 2. The molecule has 0 radical (unpaired) electrons. The molecule has 4 fully saturated rings. The largest absolute Gasteiger partial charge is 0.460 e. The van der Waals surface area contributed by atoms with Crippen molar-refractivity contribution in [2.45, 2.75) is 125 Å². The Morgan fingerprint density at radius 1 is 0.651 bits per heavy atom. The van der Waals surface area contributed by atoms with Crippen LogP contribution >= 0.6 is 0 Å². The third-order valence-corrected chi connectivity index (χ3v) is 16.7. The van der Waals surface area contributed by atoms with Gasteiger partial charge in [0.1, 0.15) is 32.0 Å². The standard InChI is InChI=1S/C51H78O12/c1-46(2)19-21-51(45(54)61-33-36-13-11-10-12-14-36)22-20-49(6)37(38(51)31-46)15-16-41-48(5)32-39(62-42(52)34-59-29-27-57-25-23-55-8)44(47(3,4)40(48)17-18-50(41,49)7)63-43(53)35-60-30-28-58-26-24-56-9/h10-15,38-41,44H,16-35H2,1-9H3/t38-,39+,40-,41+,44-,48-,49+,50+,51-/m0/s1. The first kappa shape index (κ1) is 49.6. The maximum Gasteiger partial charge on any atom is 0.332 e. The molecule has 354 valence electrons. The van der Waals surface area contributed by atoms with E-state index in [0.717, 1.165) is 56.9 Å². The van der Waals surface area contributed by atoms with Crippen molar-refractivity contribution in [2.24, 2.45) is 50.2 Å². The van der Waals surface area contributed by atoms with Crippen molar-refractivity contribution in [2.75, 3.05) is 80.3 Å². The molecule has 0 aromatic heterocycles. The Balaban J connectivity index is 1.25. The summed E-state index contributed by atoms with van der Waals surface area (Å²) in [5.41, 5.74) is 0.978. The van der Waals surface area contributed by atoms with Gasteiger partial charge in [-0.2, -0.15) is 0 Å². The number of fused-ring (bicyclic) bond motifs is 7. The van der Waals surface area contributed by atoms with Gasteiger partial charge in [-0.25, -0.2) is 9.59 Å². The third kappa shape index (κ3) is 10.4. The lowest BCUT2D eigenvalue weighted by Gasteiger charge is -2.71. The van der Waals surface area contributed by atoms with E-state index < -0.39 is 35.0 Å². The minimum Gasteiger partial charge on any atom is -0.460 e. The normalized spacial score (nSPS) is 34.0. The summed E-state index contributed by atoms with van der Waals surface area (Å²) in [6.07, 6.45) is 9.02. The molecule has 1 aromatic rings. The second kappa shape index (κ2) is 20.7. The van der Waals surface area contributed by atoms with Crippen LogP contribution in [0.5, 0.6) is 0 Å². The van der Waals surface area contributed by atoms with Crippen molar-refractivity contribution in [3.05, 3.63) is 47.5 Å². The highest BCUT2D eigenvalue weighted by Crippen LogP contribution is 2.76. The minimum atomic E-state index is -0.699. The van der Waals surface area contributed by atoms with Gasteiger partial charge in [0.05, 0.1) is 58.3 Å². The maximum atomic E-state index is 14.5. The summed E-state index contributed by atoms with van der Waals surface area (Å²) >= 11 is 0. The smallest absolute Gasteiger partial charge is 0.332 e. The number of rotatable bonds is 21. The number of carbonyl (C=O) groups is 3. The number of hydrogen-bond acceptors (Lipinski definition) is 12. The average Bonchev–Trinajstić information content (AvgIpc) is 3.24. The topological polar surface area (TPSA) is 134 Å². The number of ether oxygens (including phenoxy) is 9. The van der Waals surface area contributed by atoms with Gasteiger partial charge >= 0.3 is 17.9 Å². The van der Waals surface area contributed by atoms with Crippen LogP contribution in [-0.4, -0.2) is 110 Å². The SMILES string of the molecule is COCCOCCOCC(=O)O[C@@H]1C[C@]2(C)[C@H]3CC=C4[C@@H]5CC(C)(C)CC[C@]5(C(=O)OCc5ccccc5)CC[C@@]4(C)[C@]3(C)CC[C@H]2C(C)(C)[C@H]1OC(=O)COCCOCCOC. The summed E-state index contributed by atoms with van der Waals surface area (Å²) in [6, 6.07) is 10.0. The van der Waals surface area contributed by atoms with Crippen LogP contribution in [0.4, 0.5) is 0 Å². The zero-order valence-electron chi connectivity index (χ0n) is 39.9. The number of hydrogen-bond donors (Lipinski definition) is 0. The Morgan fingerprint density at radius 2 is 1.24 bits per heavy atom. The van der Waals surface area contributed by atoms with E-state index in [4.69, 9.17) is 42.6 Å². The van der Waals surface area contributed by atoms with E-state index in [9.17, 15) is 14.4 Å². The Labute approximate surface area is 377 Å². The third-order valence-electron chi connectivity index (χ3n) is 16.7. The molecule has 12 nitrogen and oxygen atoms in total.